The summed E-state index contributed by atoms with van der Waals surface area (Å²) in [5, 5.41) is 3.05. The van der Waals surface area contributed by atoms with Crippen molar-refractivity contribution in [1.29, 1.82) is 0 Å². The van der Waals surface area contributed by atoms with E-state index in [-0.39, 0.29) is 11.9 Å². The fraction of sp³-hybridized carbons (Fsp3) is 0.300. The second-order valence-corrected chi connectivity index (χ2v) is 6.03. The first kappa shape index (κ1) is 17.2. The number of nitrogens with zero attached hydrogens (tertiary/aromatic N) is 2. The molecule has 1 unspecified atom stereocenters. The van der Waals surface area contributed by atoms with Gasteiger partial charge in [0.1, 0.15) is 5.82 Å². The van der Waals surface area contributed by atoms with Crippen LogP contribution in [0.2, 0.25) is 0 Å². The number of methoxy groups -OCH3 is 1. The minimum absolute atomic E-state index is 0.111. The number of fused-ring (bicyclic) bond motifs is 1. The summed E-state index contributed by atoms with van der Waals surface area (Å²) < 4.78 is 7.27. The molecule has 1 atom stereocenters. The smallest absolute Gasteiger partial charge is 0.251 e. The molecule has 130 valence electrons. The number of carbonyl (C=O) groups excluding carboxylic acids is 1. The zero-order chi connectivity index (χ0) is 17.8. The first-order valence-electron chi connectivity index (χ1n) is 8.48. The van der Waals surface area contributed by atoms with Gasteiger partial charge >= 0.3 is 0 Å². The number of rotatable bonds is 6. The molecule has 1 amide bonds. The van der Waals surface area contributed by atoms with E-state index in [0.717, 1.165) is 29.0 Å². The van der Waals surface area contributed by atoms with Crippen LogP contribution in [0.3, 0.4) is 0 Å². The van der Waals surface area contributed by atoms with Gasteiger partial charge in [-0.05, 0) is 43.7 Å². The molecule has 3 rings (SSSR count). The van der Waals surface area contributed by atoms with Crippen LogP contribution in [0.25, 0.3) is 11.0 Å². The fourth-order valence-corrected chi connectivity index (χ4v) is 3.07. The first-order chi connectivity index (χ1) is 12.1. The molecule has 0 aliphatic heterocycles. The minimum atomic E-state index is -0.189. The number of nitrogens with one attached hydrogen (secondary N) is 1. The van der Waals surface area contributed by atoms with E-state index in [1.54, 1.807) is 7.11 Å². The van der Waals surface area contributed by atoms with Gasteiger partial charge in [0.05, 0.1) is 23.7 Å². The second-order valence-electron chi connectivity index (χ2n) is 6.03. The van der Waals surface area contributed by atoms with Crippen molar-refractivity contribution in [3.63, 3.8) is 0 Å². The number of hydrogen-bond donors (Lipinski definition) is 1. The molecule has 5 heteroatoms. The van der Waals surface area contributed by atoms with E-state index < -0.39 is 0 Å². The third kappa shape index (κ3) is 3.56. The topological polar surface area (TPSA) is 56.2 Å². The molecule has 25 heavy (non-hydrogen) atoms. The van der Waals surface area contributed by atoms with Gasteiger partial charge in [0.15, 0.2) is 0 Å². The lowest BCUT2D eigenvalue weighted by atomic mass is 10.1. The average Bonchev–Trinajstić information content (AvgIpc) is 3.01. The number of para-hydroxylation sites is 2. The van der Waals surface area contributed by atoms with Crippen LogP contribution in [-0.2, 0) is 17.9 Å². The number of hydrogen-bond acceptors (Lipinski definition) is 3. The Morgan fingerprint density at radius 1 is 1.24 bits per heavy atom. The molecule has 1 heterocycles. The first-order valence-corrected chi connectivity index (χ1v) is 8.48. The van der Waals surface area contributed by atoms with Gasteiger partial charge in [-0.2, -0.15) is 0 Å². The zero-order valence-electron chi connectivity index (χ0n) is 14.8. The van der Waals surface area contributed by atoms with E-state index in [1.165, 1.54) is 0 Å². The standard InChI is InChI=1S/C20H23N3O2/c1-4-23-18-11-6-5-10-17(18)22-19(23)14(2)21-20(24)16-9-7-8-15(12-16)13-25-3/h5-12,14H,4,13H2,1-3H3,(H,21,24). The summed E-state index contributed by atoms with van der Waals surface area (Å²) in [6, 6.07) is 15.3. The molecule has 0 radical (unpaired) electrons. The van der Waals surface area contributed by atoms with Crippen molar-refractivity contribution in [3.8, 4) is 0 Å². The molecular weight excluding hydrogens is 314 g/mol. The van der Waals surface area contributed by atoms with E-state index in [0.29, 0.717) is 12.2 Å². The molecule has 1 aromatic heterocycles. The maximum atomic E-state index is 12.6. The highest BCUT2D eigenvalue weighted by Crippen LogP contribution is 2.21. The fourth-order valence-electron chi connectivity index (χ4n) is 3.07. The zero-order valence-corrected chi connectivity index (χ0v) is 14.8. The summed E-state index contributed by atoms with van der Waals surface area (Å²) in [5.41, 5.74) is 3.63. The van der Waals surface area contributed by atoms with Gasteiger partial charge < -0.3 is 14.6 Å². The Kier molecular flexibility index (Phi) is 5.14. The van der Waals surface area contributed by atoms with Crippen molar-refractivity contribution in [2.24, 2.45) is 0 Å². The summed E-state index contributed by atoms with van der Waals surface area (Å²) in [6.45, 7) is 5.34. The number of imidazole rings is 1. The summed E-state index contributed by atoms with van der Waals surface area (Å²) in [6.07, 6.45) is 0. The van der Waals surface area contributed by atoms with Crippen molar-refractivity contribution in [2.45, 2.75) is 33.0 Å². The summed E-state index contributed by atoms with van der Waals surface area (Å²) in [5.74, 6) is 0.755. The van der Waals surface area contributed by atoms with E-state index in [9.17, 15) is 4.79 Å². The Bertz CT molecular complexity index is 886. The van der Waals surface area contributed by atoms with E-state index in [2.05, 4.69) is 22.9 Å². The van der Waals surface area contributed by atoms with E-state index in [4.69, 9.17) is 9.72 Å². The summed E-state index contributed by atoms with van der Waals surface area (Å²) in [4.78, 5) is 17.3. The second kappa shape index (κ2) is 7.49. The van der Waals surface area contributed by atoms with Crippen LogP contribution in [0.1, 0.15) is 41.6 Å². The Balaban J connectivity index is 1.83. The lowest BCUT2D eigenvalue weighted by Gasteiger charge is -2.15. The average molecular weight is 337 g/mol. The van der Waals surface area contributed by atoms with Crippen molar-refractivity contribution < 1.29 is 9.53 Å². The maximum Gasteiger partial charge on any atom is 0.251 e. The largest absolute Gasteiger partial charge is 0.380 e. The molecule has 0 saturated heterocycles. The highest BCUT2D eigenvalue weighted by molar-refractivity contribution is 5.94. The quantitative estimate of drug-likeness (QED) is 0.746. The van der Waals surface area contributed by atoms with Crippen LogP contribution in [0.4, 0.5) is 0 Å². The third-order valence-corrected chi connectivity index (χ3v) is 4.24. The summed E-state index contributed by atoms with van der Waals surface area (Å²) >= 11 is 0. The molecule has 0 spiro atoms. The van der Waals surface area contributed by atoms with E-state index >= 15 is 0 Å². The summed E-state index contributed by atoms with van der Waals surface area (Å²) in [7, 11) is 1.64. The van der Waals surface area contributed by atoms with Crippen LogP contribution in [0.15, 0.2) is 48.5 Å². The number of amides is 1. The highest BCUT2D eigenvalue weighted by atomic mass is 16.5. The van der Waals surface area contributed by atoms with Gasteiger partial charge in [-0.1, -0.05) is 24.3 Å². The predicted octanol–water partition coefficient (Wildman–Crippen LogP) is 3.69. The number of ether oxygens (including phenoxy) is 1. The Morgan fingerprint density at radius 2 is 2.04 bits per heavy atom. The van der Waals surface area contributed by atoms with Crippen LogP contribution in [0.5, 0.6) is 0 Å². The Labute approximate surface area is 147 Å². The monoisotopic (exact) mass is 337 g/mol. The number of benzene rings is 2. The Morgan fingerprint density at radius 3 is 2.80 bits per heavy atom. The molecule has 0 saturated carbocycles. The molecule has 5 nitrogen and oxygen atoms in total. The predicted molar refractivity (Wildman–Crippen MR) is 98.4 cm³/mol. The Hall–Kier alpha value is -2.66. The molecule has 1 N–H and O–H groups in total. The van der Waals surface area contributed by atoms with Crippen LogP contribution >= 0.6 is 0 Å². The van der Waals surface area contributed by atoms with Crippen LogP contribution in [0, 0.1) is 0 Å². The molecule has 0 aliphatic rings. The molecule has 2 aromatic carbocycles. The number of aryl methyl sites for hydroxylation is 1. The van der Waals surface area contributed by atoms with Gasteiger partial charge in [-0.25, -0.2) is 4.98 Å². The lowest BCUT2D eigenvalue weighted by molar-refractivity contribution is 0.0937. The molecular formula is C20H23N3O2. The number of carbonyl (C=O) groups is 1. The van der Waals surface area contributed by atoms with Gasteiger partial charge in [0.2, 0.25) is 0 Å². The van der Waals surface area contributed by atoms with Gasteiger partial charge in [0, 0.05) is 19.2 Å². The SMILES string of the molecule is CCn1c(C(C)NC(=O)c2cccc(COC)c2)nc2ccccc21. The number of aromatic nitrogens is 2. The highest BCUT2D eigenvalue weighted by Gasteiger charge is 2.18. The van der Waals surface area contributed by atoms with Crippen molar-refractivity contribution in [3.05, 3.63) is 65.5 Å². The normalized spacial score (nSPS) is 12.3. The van der Waals surface area contributed by atoms with Crippen molar-refractivity contribution in [1.82, 2.24) is 14.9 Å². The lowest BCUT2D eigenvalue weighted by Crippen LogP contribution is -2.28. The molecule has 0 bridgehead atoms. The van der Waals surface area contributed by atoms with E-state index in [1.807, 2.05) is 49.4 Å². The van der Waals surface area contributed by atoms with Crippen molar-refractivity contribution in [2.75, 3.05) is 7.11 Å². The third-order valence-electron chi connectivity index (χ3n) is 4.24. The van der Waals surface area contributed by atoms with Crippen LogP contribution < -0.4 is 5.32 Å². The maximum absolute atomic E-state index is 12.6. The van der Waals surface area contributed by atoms with Crippen LogP contribution in [-0.4, -0.2) is 22.6 Å². The van der Waals surface area contributed by atoms with Gasteiger partial charge in [-0.15, -0.1) is 0 Å². The van der Waals surface area contributed by atoms with Gasteiger partial charge in [-0.3, -0.25) is 4.79 Å². The van der Waals surface area contributed by atoms with Crippen molar-refractivity contribution >= 4 is 16.9 Å². The molecule has 0 fully saturated rings. The minimum Gasteiger partial charge on any atom is -0.380 e. The molecule has 0 aliphatic carbocycles. The van der Waals surface area contributed by atoms with Gasteiger partial charge in [0.25, 0.3) is 5.91 Å². The molecule has 3 aromatic rings.